The van der Waals surface area contributed by atoms with Gasteiger partial charge in [0.1, 0.15) is 5.54 Å². The number of carboxylic acids is 1. The van der Waals surface area contributed by atoms with Crippen LogP contribution in [0.5, 0.6) is 0 Å². The summed E-state index contributed by atoms with van der Waals surface area (Å²) >= 11 is 0. The molecule has 0 saturated carbocycles. The second kappa shape index (κ2) is 6.48. The number of carboxylic acid groups (broad SMARTS) is 1. The first-order valence-electron chi connectivity index (χ1n) is 5.46. The van der Waals surface area contributed by atoms with Crippen LogP contribution in [0.4, 0.5) is 0 Å². The van der Waals surface area contributed by atoms with Crippen LogP contribution >= 0.6 is 0 Å². The molecule has 0 fully saturated rings. The second-order valence-corrected chi connectivity index (χ2v) is 4.39. The number of hydrogen-bond acceptors (Lipinski definition) is 4. The Morgan fingerprint density at radius 3 is 2.38 bits per heavy atom. The first-order chi connectivity index (χ1) is 7.31. The highest BCUT2D eigenvalue weighted by atomic mass is 16.5. The van der Waals surface area contributed by atoms with Crippen molar-refractivity contribution in [2.45, 2.75) is 39.7 Å². The maximum absolute atomic E-state index is 11.1. The largest absolute Gasteiger partial charge is 0.480 e. The topological polar surface area (TPSA) is 75.6 Å². The molecule has 1 atom stereocenters. The molecule has 5 heteroatoms. The second-order valence-electron chi connectivity index (χ2n) is 4.39. The summed E-state index contributed by atoms with van der Waals surface area (Å²) in [6, 6.07) is 0. The Labute approximate surface area is 96.2 Å². The van der Waals surface area contributed by atoms with Crippen molar-refractivity contribution >= 4 is 11.9 Å². The van der Waals surface area contributed by atoms with E-state index in [9.17, 15) is 9.59 Å². The van der Waals surface area contributed by atoms with Gasteiger partial charge in [0, 0.05) is 0 Å². The Hall–Kier alpha value is -1.10. The normalized spacial score (nSPS) is 14.6. The van der Waals surface area contributed by atoms with E-state index in [1.54, 1.807) is 13.8 Å². The number of ether oxygens (including phenoxy) is 1. The van der Waals surface area contributed by atoms with E-state index < -0.39 is 17.5 Å². The molecule has 0 aromatic heterocycles. The molecule has 0 aliphatic heterocycles. The van der Waals surface area contributed by atoms with Gasteiger partial charge in [0.05, 0.1) is 13.2 Å². The van der Waals surface area contributed by atoms with Crippen molar-refractivity contribution in [3.8, 4) is 0 Å². The van der Waals surface area contributed by atoms with Crippen LogP contribution < -0.4 is 5.32 Å². The quantitative estimate of drug-likeness (QED) is 0.640. The van der Waals surface area contributed by atoms with Crippen LogP contribution in [0.25, 0.3) is 0 Å². The fourth-order valence-electron chi connectivity index (χ4n) is 1.53. The third-order valence-corrected chi connectivity index (χ3v) is 2.22. The van der Waals surface area contributed by atoms with Gasteiger partial charge in [-0.1, -0.05) is 13.8 Å². The summed E-state index contributed by atoms with van der Waals surface area (Å²) in [7, 11) is 0. The van der Waals surface area contributed by atoms with Crippen molar-refractivity contribution in [1.29, 1.82) is 0 Å². The lowest BCUT2D eigenvalue weighted by atomic mass is 9.91. The van der Waals surface area contributed by atoms with E-state index in [1.165, 1.54) is 0 Å². The highest BCUT2D eigenvalue weighted by Gasteiger charge is 2.33. The van der Waals surface area contributed by atoms with E-state index in [4.69, 9.17) is 9.84 Å². The van der Waals surface area contributed by atoms with Gasteiger partial charge in [0.25, 0.3) is 0 Å². The Morgan fingerprint density at radius 2 is 2.00 bits per heavy atom. The highest BCUT2D eigenvalue weighted by Crippen LogP contribution is 2.16. The van der Waals surface area contributed by atoms with Gasteiger partial charge in [-0.15, -0.1) is 0 Å². The molecule has 16 heavy (non-hydrogen) atoms. The lowest BCUT2D eigenvalue weighted by Gasteiger charge is -2.27. The Morgan fingerprint density at radius 1 is 1.44 bits per heavy atom. The van der Waals surface area contributed by atoms with Crippen molar-refractivity contribution in [3.05, 3.63) is 0 Å². The monoisotopic (exact) mass is 231 g/mol. The van der Waals surface area contributed by atoms with E-state index in [0.717, 1.165) is 0 Å². The number of hydrogen-bond donors (Lipinski definition) is 2. The van der Waals surface area contributed by atoms with Gasteiger partial charge in [0.15, 0.2) is 0 Å². The van der Waals surface area contributed by atoms with E-state index in [0.29, 0.717) is 13.0 Å². The van der Waals surface area contributed by atoms with Crippen molar-refractivity contribution < 1.29 is 19.4 Å². The summed E-state index contributed by atoms with van der Waals surface area (Å²) < 4.78 is 4.73. The number of esters is 1. The predicted octanol–water partition coefficient (Wildman–Crippen LogP) is 1.03. The van der Waals surface area contributed by atoms with Gasteiger partial charge in [0.2, 0.25) is 0 Å². The number of aliphatic carboxylic acids is 1. The number of rotatable bonds is 7. The summed E-state index contributed by atoms with van der Waals surface area (Å²) in [4.78, 5) is 22.2. The minimum atomic E-state index is -1.08. The maximum Gasteiger partial charge on any atom is 0.323 e. The van der Waals surface area contributed by atoms with Crippen molar-refractivity contribution in [1.82, 2.24) is 5.32 Å². The van der Waals surface area contributed by atoms with Gasteiger partial charge < -0.3 is 9.84 Å². The smallest absolute Gasteiger partial charge is 0.323 e. The molecular weight excluding hydrogens is 210 g/mol. The molecule has 2 N–H and O–H groups in total. The van der Waals surface area contributed by atoms with Crippen molar-refractivity contribution in [3.63, 3.8) is 0 Å². The maximum atomic E-state index is 11.1. The fourth-order valence-corrected chi connectivity index (χ4v) is 1.53. The van der Waals surface area contributed by atoms with E-state index >= 15 is 0 Å². The van der Waals surface area contributed by atoms with E-state index in [2.05, 4.69) is 5.32 Å². The summed E-state index contributed by atoms with van der Waals surface area (Å²) in [5.41, 5.74) is -1.08. The van der Waals surface area contributed by atoms with Gasteiger partial charge in [-0.2, -0.15) is 0 Å². The van der Waals surface area contributed by atoms with Gasteiger partial charge in [-0.25, -0.2) is 0 Å². The first-order valence-corrected chi connectivity index (χ1v) is 5.46. The third kappa shape index (κ3) is 5.11. The molecule has 5 nitrogen and oxygen atoms in total. The molecule has 94 valence electrons. The molecule has 0 aliphatic carbocycles. The average Bonchev–Trinajstić information content (AvgIpc) is 2.14. The van der Waals surface area contributed by atoms with Crippen LogP contribution in [0.2, 0.25) is 0 Å². The van der Waals surface area contributed by atoms with Gasteiger partial charge in [-0.3, -0.25) is 14.9 Å². The van der Waals surface area contributed by atoms with Crippen molar-refractivity contribution in [2.75, 3.05) is 13.2 Å². The molecule has 0 aromatic carbocycles. The zero-order chi connectivity index (χ0) is 12.8. The van der Waals surface area contributed by atoms with E-state index in [1.807, 2.05) is 13.8 Å². The Balaban J connectivity index is 4.34. The highest BCUT2D eigenvalue weighted by molar-refractivity contribution is 5.80. The van der Waals surface area contributed by atoms with Crippen LogP contribution in [0.15, 0.2) is 0 Å². The zero-order valence-electron chi connectivity index (χ0n) is 10.4. The molecule has 1 unspecified atom stereocenters. The van der Waals surface area contributed by atoms with Gasteiger partial charge >= 0.3 is 11.9 Å². The number of carbonyl (C=O) groups excluding carboxylic acids is 1. The molecule has 0 radical (unpaired) electrons. The molecular formula is C11H21NO4. The Kier molecular flexibility index (Phi) is 6.03. The van der Waals surface area contributed by atoms with E-state index in [-0.39, 0.29) is 12.5 Å². The zero-order valence-corrected chi connectivity index (χ0v) is 10.4. The standard InChI is InChI=1S/C11H21NO4/c1-5-16-9(13)7-12-11(4,10(14)15)6-8(2)3/h8,12H,5-7H2,1-4H3,(H,14,15). The molecule has 0 spiro atoms. The molecule has 0 amide bonds. The van der Waals surface area contributed by atoms with Crippen LogP contribution in [-0.4, -0.2) is 35.7 Å². The summed E-state index contributed by atoms with van der Waals surface area (Å²) in [5.74, 6) is -1.15. The number of nitrogens with one attached hydrogen (secondary N) is 1. The lowest BCUT2D eigenvalue weighted by Crippen LogP contribution is -2.52. The average molecular weight is 231 g/mol. The van der Waals surface area contributed by atoms with Crippen LogP contribution in [0.1, 0.15) is 34.1 Å². The lowest BCUT2D eigenvalue weighted by molar-refractivity contribution is -0.147. The predicted molar refractivity (Wildman–Crippen MR) is 60.1 cm³/mol. The number of carbonyl (C=O) groups is 2. The molecule has 0 aromatic rings. The van der Waals surface area contributed by atoms with Gasteiger partial charge in [-0.05, 0) is 26.2 Å². The minimum absolute atomic E-state index is 0.0800. The van der Waals surface area contributed by atoms with Crippen LogP contribution in [-0.2, 0) is 14.3 Å². The molecule has 0 saturated heterocycles. The molecule has 0 bridgehead atoms. The molecule has 0 heterocycles. The van der Waals surface area contributed by atoms with Crippen LogP contribution in [0, 0.1) is 5.92 Å². The minimum Gasteiger partial charge on any atom is -0.480 e. The van der Waals surface area contributed by atoms with Crippen LogP contribution in [0.3, 0.4) is 0 Å². The fraction of sp³-hybridized carbons (Fsp3) is 0.818. The summed E-state index contributed by atoms with van der Waals surface area (Å²) in [5, 5.41) is 11.8. The van der Waals surface area contributed by atoms with Crippen molar-refractivity contribution in [2.24, 2.45) is 5.92 Å². The molecule has 0 aliphatic rings. The Bertz CT molecular complexity index is 252. The SMILES string of the molecule is CCOC(=O)CNC(C)(CC(C)C)C(=O)O. The summed E-state index contributed by atoms with van der Waals surface area (Å²) in [6.45, 7) is 7.38. The molecule has 0 rings (SSSR count). The third-order valence-electron chi connectivity index (χ3n) is 2.22. The summed E-state index contributed by atoms with van der Waals surface area (Å²) in [6.07, 6.45) is 0.460. The first kappa shape index (κ1) is 14.9.